The molecule has 0 bridgehead atoms. The highest BCUT2D eigenvalue weighted by atomic mass is 16.1. The third kappa shape index (κ3) is 3.34. The SMILES string of the molecule is CCn1cnnc1-c1cccc(NC(=O)c2ccc3nc(C)c(C)nc3c2)c1. The minimum absolute atomic E-state index is 0.198. The molecule has 7 heteroatoms. The predicted octanol–water partition coefficient (Wildman–Crippen LogP) is 3.78. The van der Waals surface area contributed by atoms with Crippen molar-refractivity contribution in [2.75, 3.05) is 5.32 Å². The molecule has 0 aliphatic carbocycles. The summed E-state index contributed by atoms with van der Waals surface area (Å²) in [5.74, 6) is 0.571. The molecule has 0 saturated carbocycles. The van der Waals surface area contributed by atoms with Crippen LogP contribution in [0.5, 0.6) is 0 Å². The van der Waals surface area contributed by atoms with Crippen LogP contribution < -0.4 is 5.32 Å². The van der Waals surface area contributed by atoms with Gasteiger partial charge in [0.15, 0.2) is 5.82 Å². The minimum atomic E-state index is -0.198. The summed E-state index contributed by atoms with van der Waals surface area (Å²) >= 11 is 0. The second kappa shape index (κ2) is 7.19. The number of rotatable bonds is 4. The van der Waals surface area contributed by atoms with Crippen LogP contribution in [-0.4, -0.2) is 30.6 Å². The molecule has 0 aliphatic rings. The van der Waals surface area contributed by atoms with Crippen molar-refractivity contribution < 1.29 is 4.79 Å². The van der Waals surface area contributed by atoms with Crippen molar-refractivity contribution in [1.82, 2.24) is 24.7 Å². The molecular weight excluding hydrogens is 352 g/mol. The Labute approximate surface area is 162 Å². The van der Waals surface area contributed by atoms with Crippen molar-refractivity contribution in [1.29, 1.82) is 0 Å². The number of nitrogens with one attached hydrogen (secondary N) is 1. The van der Waals surface area contributed by atoms with Gasteiger partial charge in [-0.15, -0.1) is 10.2 Å². The summed E-state index contributed by atoms with van der Waals surface area (Å²) in [5, 5.41) is 11.1. The number of benzene rings is 2. The first kappa shape index (κ1) is 17.8. The van der Waals surface area contributed by atoms with Gasteiger partial charge in [0.2, 0.25) is 0 Å². The van der Waals surface area contributed by atoms with E-state index in [2.05, 4.69) is 25.5 Å². The lowest BCUT2D eigenvalue weighted by molar-refractivity contribution is 0.102. The van der Waals surface area contributed by atoms with Crippen LogP contribution in [0.15, 0.2) is 48.8 Å². The smallest absolute Gasteiger partial charge is 0.255 e. The van der Waals surface area contributed by atoms with Gasteiger partial charge in [-0.05, 0) is 51.1 Å². The first-order valence-electron chi connectivity index (χ1n) is 9.09. The molecule has 0 saturated heterocycles. The van der Waals surface area contributed by atoms with Gasteiger partial charge in [-0.1, -0.05) is 12.1 Å². The Kier molecular flexibility index (Phi) is 4.57. The largest absolute Gasteiger partial charge is 0.322 e. The average molecular weight is 372 g/mol. The number of carbonyl (C=O) groups is 1. The number of amides is 1. The summed E-state index contributed by atoms with van der Waals surface area (Å²) < 4.78 is 1.95. The summed E-state index contributed by atoms with van der Waals surface area (Å²) in [6, 6.07) is 12.9. The Morgan fingerprint density at radius 2 is 1.82 bits per heavy atom. The molecule has 0 fully saturated rings. The van der Waals surface area contributed by atoms with E-state index >= 15 is 0 Å². The van der Waals surface area contributed by atoms with Gasteiger partial charge in [0.1, 0.15) is 6.33 Å². The summed E-state index contributed by atoms with van der Waals surface area (Å²) in [4.78, 5) is 21.8. The lowest BCUT2D eigenvalue weighted by Gasteiger charge is -2.09. The van der Waals surface area contributed by atoms with Gasteiger partial charge in [0.05, 0.1) is 22.4 Å². The third-order valence-corrected chi connectivity index (χ3v) is 4.67. The molecule has 2 aromatic heterocycles. The van der Waals surface area contributed by atoms with Gasteiger partial charge in [-0.2, -0.15) is 0 Å². The zero-order valence-corrected chi connectivity index (χ0v) is 16.0. The molecule has 2 heterocycles. The number of anilines is 1. The Bertz CT molecular complexity index is 1180. The van der Waals surface area contributed by atoms with Gasteiger partial charge < -0.3 is 9.88 Å². The average Bonchev–Trinajstić information content (AvgIpc) is 3.17. The number of hydrogen-bond acceptors (Lipinski definition) is 5. The molecule has 0 aliphatic heterocycles. The highest BCUT2D eigenvalue weighted by molar-refractivity contribution is 6.06. The maximum absolute atomic E-state index is 12.7. The van der Waals surface area contributed by atoms with E-state index in [-0.39, 0.29) is 5.91 Å². The van der Waals surface area contributed by atoms with Crippen molar-refractivity contribution in [2.45, 2.75) is 27.3 Å². The lowest BCUT2D eigenvalue weighted by Crippen LogP contribution is -2.12. The second-order valence-corrected chi connectivity index (χ2v) is 6.57. The molecule has 7 nitrogen and oxygen atoms in total. The zero-order chi connectivity index (χ0) is 19.7. The molecule has 2 aromatic carbocycles. The fourth-order valence-electron chi connectivity index (χ4n) is 3.02. The van der Waals surface area contributed by atoms with Gasteiger partial charge in [-0.3, -0.25) is 4.79 Å². The molecular formula is C21H20N6O. The van der Waals surface area contributed by atoms with Crippen LogP contribution in [0.2, 0.25) is 0 Å². The quantitative estimate of drug-likeness (QED) is 0.589. The number of nitrogens with zero attached hydrogens (tertiary/aromatic N) is 5. The molecule has 0 atom stereocenters. The Morgan fingerprint density at radius 3 is 2.61 bits per heavy atom. The Hall–Kier alpha value is -3.61. The van der Waals surface area contributed by atoms with E-state index in [4.69, 9.17) is 0 Å². The molecule has 1 N–H and O–H groups in total. The number of carbonyl (C=O) groups excluding carboxylic acids is 1. The van der Waals surface area contributed by atoms with Crippen molar-refractivity contribution in [2.24, 2.45) is 0 Å². The molecule has 0 radical (unpaired) electrons. The van der Waals surface area contributed by atoms with Crippen molar-refractivity contribution in [3.63, 3.8) is 0 Å². The molecule has 0 spiro atoms. The van der Waals surface area contributed by atoms with E-state index < -0.39 is 0 Å². The van der Waals surface area contributed by atoms with E-state index in [1.54, 1.807) is 18.5 Å². The van der Waals surface area contributed by atoms with Crippen LogP contribution in [0.25, 0.3) is 22.4 Å². The first-order valence-corrected chi connectivity index (χ1v) is 9.09. The number of aromatic nitrogens is 5. The fraction of sp³-hybridized carbons (Fsp3) is 0.190. The molecule has 28 heavy (non-hydrogen) atoms. The van der Waals surface area contributed by atoms with Crippen LogP contribution in [0.3, 0.4) is 0 Å². The van der Waals surface area contributed by atoms with Crippen molar-refractivity contribution in [3.05, 3.63) is 65.7 Å². The Balaban J connectivity index is 1.61. The summed E-state index contributed by atoms with van der Waals surface area (Å²) in [5.41, 5.74) is 5.36. The van der Waals surface area contributed by atoms with E-state index in [1.165, 1.54) is 0 Å². The monoisotopic (exact) mass is 372 g/mol. The van der Waals surface area contributed by atoms with Gasteiger partial charge in [0.25, 0.3) is 5.91 Å². The van der Waals surface area contributed by atoms with Crippen molar-refractivity contribution >= 4 is 22.6 Å². The summed E-state index contributed by atoms with van der Waals surface area (Å²) in [6.45, 7) is 6.64. The Morgan fingerprint density at radius 1 is 1.04 bits per heavy atom. The highest BCUT2D eigenvalue weighted by Gasteiger charge is 2.11. The van der Waals surface area contributed by atoms with Crippen LogP contribution in [0, 0.1) is 13.8 Å². The predicted molar refractivity (Wildman–Crippen MR) is 108 cm³/mol. The molecule has 1 amide bonds. The normalized spacial score (nSPS) is 11.0. The van der Waals surface area contributed by atoms with Crippen LogP contribution in [-0.2, 0) is 6.54 Å². The minimum Gasteiger partial charge on any atom is -0.322 e. The van der Waals surface area contributed by atoms with Crippen LogP contribution in [0.4, 0.5) is 5.69 Å². The van der Waals surface area contributed by atoms with E-state index in [0.717, 1.165) is 34.8 Å². The lowest BCUT2D eigenvalue weighted by atomic mass is 10.1. The van der Waals surface area contributed by atoms with Crippen molar-refractivity contribution in [3.8, 4) is 11.4 Å². The molecule has 0 unspecified atom stereocenters. The van der Waals surface area contributed by atoms with E-state index in [9.17, 15) is 4.79 Å². The summed E-state index contributed by atoms with van der Waals surface area (Å²) in [7, 11) is 0. The van der Waals surface area contributed by atoms with Gasteiger partial charge >= 0.3 is 0 Å². The molecule has 4 rings (SSSR count). The zero-order valence-electron chi connectivity index (χ0n) is 16.0. The number of aryl methyl sites for hydroxylation is 3. The van der Waals surface area contributed by atoms with Gasteiger partial charge in [0, 0.05) is 23.4 Å². The standard InChI is InChI=1S/C21H20N6O/c1-4-27-12-22-26-20(27)15-6-5-7-17(10-15)25-21(28)16-8-9-18-19(11-16)24-14(3)13(2)23-18/h5-12H,4H2,1-3H3,(H,25,28). The third-order valence-electron chi connectivity index (χ3n) is 4.67. The number of fused-ring (bicyclic) bond motifs is 1. The second-order valence-electron chi connectivity index (χ2n) is 6.57. The fourth-order valence-corrected chi connectivity index (χ4v) is 3.02. The number of hydrogen-bond donors (Lipinski definition) is 1. The maximum atomic E-state index is 12.7. The van der Waals surface area contributed by atoms with Gasteiger partial charge in [-0.25, -0.2) is 9.97 Å². The van der Waals surface area contributed by atoms with E-state index in [1.807, 2.05) is 55.7 Å². The highest BCUT2D eigenvalue weighted by Crippen LogP contribution is 2.22. The van der Waals surface area contributed by atoms with Crippen LogP contribution in [0.1, 0.15) is 28.7 Å². The molecule has 140 valence electrons. The van der Waals surface area contributed by atoms with Crippen LogP contribution >= 0.6 is 0 Å². The summed E-state index contributed by atoms with van der Waals surface area (Å²) in [6.07, 6.45) is 1.69. The topological polar surface area (TPSA) is 85.6 Å². The maximum Gasteiger partial charge on any atom is 0.255 e. The molecule has 4 aromatic rings. The first-order chi connectivity index (χ1) is 13.5. The van der Waals surface area contributed by atoms with E-state index in [0.29, 0.717) is 16.8 Å².